The molecule has 0 aliphatic carbocycles. The minimum absolute atomic E-state index is 0.179. The number of carbonyl (C=O) groups is 1. The lowest BCUT2D eigenvalue weighted by molar-refractivity contribution is 0.0943. The zero-order chi connectivity index (χ0) is 21.3. The van der Waals surface area contributed by atoms with Crippen LogP contribution in [0, 0.1) is 0 Å². The van der Waals surface area contributed by atoms with E-state index in [2.05, 4.69) is 36.2 Å². The number of nitrogens with one attached hydrogen (secondary N) is 1. The van der Waals surface area contributed by atoms with E-state index in [0.717, 1.165) is 16.8 Å². The van der Waals surface area contributed by atoms with Gasteiger partial charge in [0, 0.05) is 41.0 Å². The summed E-state index contributed by atoms with van der Waals surface area (Å²) in [6.07, 6.45) is 3.43. The second kappa shape index (κ2) is 7.88. The maximum Gasteiger partial charge on any atom is 0.270 e. The average molecular weight is 420 g/mol. The molecule has 6 nitrogen and oxygen atoms in total. The van der Waals surface area contributed by atoms with Crippen molar-refractivity contribution in [2.24, 2.45) is 0 Å². The van der Waals surface area contributed by atoms with Crippen molar-refractivity contribution >= 4 is 23.2 Å². The summed E-state index contributed by atoms with van der Waals surface area (Å²) in [7, 11) is 0. The van der Waals surface area contributed by atoms with Crippen molar-refractivity contribution < 1.29 is 4.79 Å². The van der Waals surface area contributed by atoms with Crippen molar-refractivity contribution in [1.29, 1.82) is 0 Å². The lowest BCUT2D eigenvalue weighted by Crippen LogP contribution is -2.26. The monoisotopic (exact) mass is 419 g/mol. The molecule has 1 aromatic carbocycles. The van der Waals surface area contributed by atoms with Crippen LogP contribution in [0.1, 0.15) is 42.5 Å². The number of hydrogen-bond donors (Lipinski definition) is 1. The number of nitrogens with zero attached hydrogens (tertiary/aromatic N) is 4. The predicted octanol–water partition coefficient (Wildman–Crippen LogP) is 4.67. The third-order valence-electron chi connectivity index (χ3n) is 4.75. The predicted molar refractivity (Wildman–Crippen MR) is 118 cm³/mol. The van der Waals surface area contributed by atoms with Gasteiger partial charge in [-0.25, -0.2) is 9.50 Å². The third-order valence-corrected chi connectivity index (χ3v) is 5.08. The van der Waals surface area contributed by atoms with E-state index in [1.807, 2.05) is 42.5 Å². The molecule has 30 heavy (non-hydrogen) atoms. The second-order valence-electron chi connectivity index (χ2n) is 8.10. The Bertz CT molecular complexity index is 1210. The van der Waals surface area contributed by atoms with Gasteiger partial charge in [-0.05, 0) is 23.8 Å². The highest BCUT2D eigenvalue weighted by atomic mass is 35.5. The third kappa shape index (κ3) is 4.04. The van der Waals surface area contributed by atoms with Crippen molar-refractivity contribution in [3.63, 3.8) is 0 Å². The number of amides is 1. The summed E-state index contributed by atoms with van der Waals surface area (Å²) in [5, 5.41) is 8.19. The molecule has 0 saturated heterocycles. The van der Waals surface area contributed by atoms with Crippen LogP contribution in [-0.2, 0) is 12.0 Å². The van der Waals surface area contributed by atoms with Crippen LogP contribution < -0.4 is 5.32 Å². The summed E-state index contributed by atoms with van der Waals surface area (Å²) >= 11 is 6.39. The van der Waals surface area contributed by atoms with Crippen LogP contribution in [0.15, 0.2) is 60.9 Å². The summed E-state index contributed by atoms with van der Waals surface area (Å²) in [4.78, 5) is 21.9. The number of benzene rings is 1. The Kier molecular flexibility index (Phi) is 5.26. The number of hydrogen-bond acceptors (Lipinski definition) is 4. The number of pyridine rings is 1. The molecule has 3 aromatic heterocycles. The molecule has 0 atom stereocenters. The minimum atomic E-state index is -0.247. The van der Waals surface area contributed by atoms with Gasteiger partial charge in [0.25, 0.3) is 5.91 Å². The Morgan fingerprint density at radius 2 is 1.93 bits per heavy atom. The summed E-state index contributed by atoms with van der Waals surface area (Å²) in [5.74, 6) is -0.247. The maximum absolute atomic E-state index is 13.1. The topological polar surface area (TPSA) is 72.2 Å². The normalized spacial score (nSPS) is 11.6. The molecule has 0 aliphatic heterocycles. The molecule has 1 amide bonds. The van der Waals surface area contributed by atoms with Gasteiger partial charge < -0.3 is 5.32 Å². The second-order valence-corrected chi connectivity index (χ2v) is 8.51. The van der Waals surface area contributed by atoms with Gasteiger partial charge in [0.1, 0.15) is 5.69 Å². The number of halogens is 1. The van der Waals surface area contributed by atoms with Crippen LogP contribution in [-0.4, -0.2) is 25.5 Å². The number of carbonyl (C=O) groups excluding carboxylic acids is 1. The smallest absolute Gasteiger partial charge is 0.270 e. The Labute approximate surface area is 179 Å². The Balaban J connectivity index is 1.80. The molecule has 152 valence electrons. The molecule has 0 bridgehead atoms. The molecular formula is C23H22ClN5O. The van der Waals surface area contributed by atoms with E-state index in [-0.39, 0.29) is 11.3 Å². The van der Waals surface area contributed by atoms with E-state index in [1.54, 1.807) is 23.0 Å². The average Bonchev–Trinajstić information content (AvgIpc) is 3.17. The first kappa shape index (κ1) is 20.0. The zero-order valence-electron chi connectivity index (χ0n) is 17.1. The lowest BCUT2D eigenvalue weighted by Gasteiger charge is -2.13. The molecule has 0 radical (unpaired) electrons. The minimum Gasteiger partial charge on any atom is -0.347 e. The van der Waals surface area contributed by atoms with E-state index in [1.165, 1.54) is 0 Å². The lowest BCUT2D eigenvalue weighted by atomic mass is 9.93. The van der Waals surface area contributed by atoms with Crippen molar-refractivity contribution in [3.05, 3.63) is 82.9 Å². The van der Waals surface area contributed by atoms with E-state index in [0.29, 0.717) is 28.6 Å². The van der Waals surface area contributed by atoms with E-state index in [4.69, 9.17) is 16.6 Å². The number of aromatic nitrogens is 4. The first-order valence-electron chi connectivity index (χ1n) is 9.66. The maximum atomic E-state index is 13.1. The highest BCUT2D eigenvalue weighted by molar-refractivity contribution is 6.33. The van der Waals surface area contributed by atoms with Gasteiger partial charge in [0.05, 0.1) is 11.4 Å². The van der Waals surface area contributed by atoms with Gasteiger partial charge in [-0.1, -0.05) is 56.6 Å². The highest BCUT2D eigenvalue weighted by Gasteiger charge is 2.22. The Morgan fingerprint density at radius 3 is 2.63 bits per heavy atom. The van der Waals surface area contributed by atoms with Crippen molar-refractivity contribution in [2.75, 3.05) is 0 Å². The first-order valence-corrected chi connectivity index (χ1v) is 10.0. The van der Waals surface area contributed by atoms with Gasteiger partial charge in [0.2, 0.25) is 0 Å². The molecule has 4 aromatic rings. The van der Waals surface area contributed by atoms with Crippen LogP contribution >= 0.6 is 11.6 Å². The fourth-order valence-corrected chi connectivity index (χ4v) is 3.32. The molecule has 1 N–H and O–H groups in total. The Hall–Kier alpha value is -3.25. The standard InChI is InChI=1S/C23H22ClN5O/c1-23(2,3)20-12-21-27-18(16-8-4-5-9-17(16)24)11-19(29(21)28-20)22(30)26-14-15-7-6-10-25-13-15/h4-13H,14H2,1-3H3,(H,26,30). The fourth-order valence-electron chi connectivity index (χ4n) is 3.09. The molecule has 3 heterocycles. The number of fused-ring (bicyclic) bond motifs is 1. The summed E-state index contributed by atoms with van der Waals surface area (Å²) in [5.41, 5.74) is 3.98. The highest BCUT2D eigenvalue weighted by Crippen LogP contribution is 2.29. The fraction of sp³-hybridized carbons (Fsp3) is 0.217. The van der Waals surface area contributed by atoms with E-state index < -0.39 is 0 Å². The quantitative estimate of drug-likeness (QED) is 0.521. The zero-order valence-corrected chi connectivity index (χ0v) is 17.8. The summed E-state index contributed by atoms with van der Waals surface area (Å²) in [6, 6.07) is 14.8. The van der Waals surface area contributed by atoms with Gasteiger partial charge in [0.15, 0.2) is 5.65 Å². The van der Waals surface area contributed by atoms with Gasteiger partial charge in [-0.2, -0.15) is 5.10 Å². The molecule has 0 saturated carbocycles. The van der Waals surface area contributed by atoms with Crippen molar-refractivity contribution in [2.45, 2.75) is 32.7 Å². The van der Waals surface area contributed by atoms with Crippen LogP contribution in [0.3, 0.4) is 0 Å². The molecular weight excluding hydrogens is 398 g/mol. The van der Waals surface area contributed by atoms with Crippen LogP contribution in [0.5, 0.6) is 0 Å². The van der Waals surface area contributed by atoms with E-state index >= 15 is 0 Å². The van der Waals surface area contributed by atoms with Crippen LogP contribution in [0.2, 0.25) is 5.02 Å². The summed E-state index contributed by atoms with van der Waals surface area (Å²) in [6.45, 7) is 6.59. The molecule has 4 rings (SSSR count). The van der Waals surface area contributed by atoms with Crippen LogP contribution in [0.4, 0.5) is 0 Å². The van der Waals surface area contributed by atoms with Gasteiger partial charge in [-0.3, -0.25) is 9.78 Å². The summed E-state index contributed by atoms with van der Waals surface area (Å²) < 4.78 is 1.60. The van der Waals surface area contributed by atoms with Gasteiger partial charge in [-0.15, -0.1) is 0 Å². The largest absolute Gasteiger partial charge is 0.347 e. The Morgan fingerprint density at radius 1 is 1.13 bits per heavy atom. The molecule has 0 unspecified atom stereocenters. The SMILES string of the molecule is CC(C)(C)c1cc2nc(-c3ccccc3Cl)cc(C(=O)NCc3cccnc3)n2n1. The van der Waals surface area contributed by atoms with Crippen molar-refractivity contribution in [3.8, 4) is 11.3 Å². The molecule has 0 aliphatic rings. The van der Waals surface area contributed by atoms with Crippen LogP contribution in [0.25, 0.3) is 16.9 Å². The molecule has 0 fully saturated rings. The van der Waals surface area contributed by atoms with E-state index in [9.17, 15) is 4.79 Å². The molecule has 7 heteroatoms. The van der Waals surface area contributed by atoms with Gasteiger partial charge >= 0.3 is 0 Å². The molecule has 0 spiro atoms. The van der Waals surface area contributed by atoms with Crippen molar-refractivity contribution in [1.82, 2.24) is 24.9 Å². The first-order chi connectivity index (χ1) is 14.3. The number of rotatable bonds is 4.